The fraction of sp³-hybridized carbons (Fsp3) is 0.167. The van der Waals surface area contributed by atoms with Crippen LogP contribution >= 0.6 is 23.4 Å². The zero-order valence-electron chi connectivity index (χ0n) is 21.9. The largest absolute Gasteiger partial charge is 0.492 e. The molecule has 1 unspecified atom stereocenters. The van der Waals surface area contributed by atoms with Crippen molar-refractivity contribution in [3.05, 3.63) is 106 Å². The summed E-state index contributed by atoms with van der Waals surface area (Å²) in [6, 6.07) is 22.7. The fourth-order valence-electron chi connectivity index (χ4n) is 4.89. The van der Waals surface area contributed by atoms with Gasteiger partial charge in [0.1, 0.15) is 11.8 Å². The smallest absolute Gasteiger partial charge is 0.255 e. The number of aromatic amines is 1. The van der Waals surface area contributed by atoms with Gasteiger partial charge in [0.05, 0.1) is 17.9 Å². The molecule has 0 fully saturated rings. The molecule has 202 valence electrons. The highest BCUT2D eigenvalue weighted by molar-refractivity contribution is 7.98. The molecule has 2 aromatic heterocycles. The van der Waals surface area contributed by atoms with Gasteiger partial charge in [0.15, 0.2) is 0 Å². The summed E-state index contributed by atoms with van der Waals surface area (Å²) in [7, 11) is 0. The van der Waals surface area contributed by atoms with Crippen LogP contribution in [0.4, 0.5) is 11.6 Å². The Bertz CT molecular complexity index is 1740. The summed E-state index contributed by atoms with van der Waals surface area (Å²) in [5.41, 5.74) is 4.75. The van der Waals surface area contributed by atoms with Crippen molar-refractivity contribution in [3.8, 4) is 5.75 Å². The van der Waals surface area contributed by atoms with Crippen molar-refractivity contribution < 1.29 is 9.53 Å². The molecule has 40 heavy (non-hydrogen) atoms. The number of ether oxygens (including phenoxy) is 1. The number of carbonyl (C=O) groups excluding carboxylic acids is 1. The SMILES string of the molecule is CCOc1ccccc1NC(=O)C1=C(C)Nc2nc(SCc3ccccc3Cl)nn2C1c1c[nH]c2ccccc12. The molecule has 10 heteroatoms. The molecule has 0 saturated heterocycles. The lowest BCUT2D eigenvalue weighted by molar-refractivity contribution is -0.113. The van der Waals surface area contributed by atoms with Crippen molar-refractivity contribution in [1.29, 1.82) is 0 Å². The highest BCUT2D eigenvalue weighted by Crippen LogP contribution is 2.40. The van der Waals surface area contributed by atoms with Crippen LogP contribution in [-0.2, 0) is 10.5 Å². The number of hydrogen-bond donors (Lipinski definition) is 3. The molecular formula is C30H27ClN6O2S. The summed E-state index contributed by atoms with van der Waals surface area (Å²) in [5, 5.41) is 13.6. The van der Waals surface area contributed by atoms with Crippen molar-refractivity contribution in [2.45, 2.75) is 30.8 Å². The lowest BCUT2D eigenvalue weighted by atomic mass is 9.94. The maximum absolute atomic E-state index is 14.0. The molecule has 0 aliphatic carbocycles. The number of rotatable bonds is 8. The molecule has 8 nitrogen and oxygen atoms in total. The third kappa shape index (κ3) is 4.94. The number of anilines is 2. The third-order valence-electron chi connectivity index (χ3n) is 6.74. The molecule has 5 aromatic rings. The van der Waals surface area contributed by atoms with Crippen molar-refractivity contribution in [1.82, 2.24) is 19.7 Å². The molecule has 1 aliphatic heterocycles. The van der Waals surface area contributed by atoms with Gasteiger partial charge in [-0.1, -0.05) is 71.9 Å². The second-order valence-corrected chi connectivity index (χ2v) is 10.6. The molecule has 0 saturated carbocycles. The molecule has 1 aliphatic rings. The van der Waals surface area contributed by atoms with E-state index in [1.165, 1.54) is 11.8 Å². The predicted molar refractivity (Wildman–Crippen MR) is 160 cm³/mol. The Balaban J connectivity index is 1.39. The second-order valence-electron chi connectivity index (χ2n) is 9.28. The second kappa shape index (κ2) is 11.1. The van der Waals surface area contributed by atoms with Crippen LogP contribution in [0.5, 0.6) is 5.75 Å². The van der Waals surface area contributed by atoms with E-state index in [9.17, 15) is 4.79 Å². The van der Waals surface area contributed by atoms with E-state index in [2.05, 4.69) is 15.6 Å². The summed E-state index contributed by atoms with van der Waals surface area (Å²) in [4.78, 5) is 22.1. The van der Waals surface area contributed by atoms with E-state index in [0.717, 1.165) is 22.0 Å². The number of fused-ring (bicyclic) bond motifs is 2. The Morgan fingerprint density at radius 2 is 1.88 bits per heavy atom. The summed E-state index contributed by atoms with van der Waals surface area (Å²) < 4.78 is 7.54. The van der Waals surface area contributed by atoms with E-state index in [4.69, 9.17) is 26.4 Å². The van der Waals surface area contributed by atoms with Crippen LogP contribution in [-0.4, -0.2) is 32.3 Å². The number of hydrogen-bond acceptors (Lipinski definition) is 6. The van der Waals surface area contributed by atoms with Crippen LogP contribution in [0.2, 0.25) is 5.02 Å². The molecule has 0 bridgehead atoms. The number of aromatic nitrogens is 4. The van der Waals surface area contributed by atoms with Gasteiger partial charge in [0.2, 0.25) is 11.1 Å². The standard InChI is InChI=1S/C30H27ClN6O2S/c1-3-39-25-15-9-8-14-24(25)34-28(38)26-18(2)33-29-35-30(40-17-19-10-4-6-12-22(19)31)36-37(29)27(26)21-16-32-23-13-7-5-11-20(21)23/h4-16,27,32H,3,17H2,1-2H3,(H,34,38)(H,33,35,36). The lowest BCUT2D eigenvalue weighted by Crippen LogP contribution is -2.31. The number of nitrogens with zero attached hydrogens (tertiary/aromatic N) is 3. The van der Waals surface area contributed by atoms with E-state index in [1.807, 2.05) is 92.8 Å². The Hall–Kier alpha value is -4.21. The average Bonchev–Trinajstić information content (AvgIpc) is 3.57. The van der Waals surface area contributed by atoms with Gasteiger partial charge in [-0.05, 0) is 43.7 Å². The Kier molecular flexibility index (Phi) is 7.23. The molecule has 0 radical (unpaired) electrons. The highest BCUT2D eigenvalue weighted by Gasteiger charge is 2.36. The van der Waals surface area contributed by atoms with Crippen LogP contribution < -0.4 is 15.4 Å². The Labute approximate surface area is 240 Å². The predicted octanol–water partition coefficient (Wildman–Crippen LogP) is 7.03. The van der Waals surface area contributed by atoms with E-state index in [-0.39, 0.29) is 5.91 Å². The van der Waals surface area contributed by atoms with Crippen LogP contribution in [0.3, 0.4) is 0 Å². The normalized spacial score (nSPS) is 14.6. The number of benzene rings is 3. The van der Waals surface area contributed by atoms with E-state index < -0.39 is 6.04 Å². The molecule has 3 N–H and O–H groups in total. The van der Waals surface area contributed by atoms with Gasteiger partial charge >= 0.3 is 0 Å². The topological polar surface area (TPSA) is 96.9 Å². The molecule has 0 spiro atoms. The van der Waals surface area contributed by atoms with E-state index in [0.29, 0.717) is 51.2 Å². The van der Waals surface area contributed by atoms with Crippen LogP contribution in [0.1, 0.15) is 31.0 Å². The molecule has 1 amide bonds. The van der Waals surface area contributed by atoms with Gasteiger partial charge in [-0.3, -0.25) is 4.79 Å². The van der Waals surface area contributed by atoms with Crippen LogP contribution in [0.15, 0.2) is 95.4 Å². The van der Waals surface area contributed by atoms with E-state index >= 15 is 0 Å². The van der Waals surface area contributed by atoms with Gasteiger partial charge in [0.25, 0.3) is 5.91 Å². The monoisotopic (exact) mass is 570 g/mol. The number of thioether (sulfide) groups is 1. The minimum atomic E-state index is -0.520. The number of allylic oxidation sites excluding steroid dienone is 1. The average molecular weight is 571 g/mol. The molecule has 6 rings (SSSR count). The minimum Gasteiger partial charge on any atom is -0.492 e. The Morgan fingerprint density at radius 3 is 2.73 bits per heavy atom. The Morgan fingerprint density at radius 1 is 1.10 bits per heavy atom. The number of H-pyrrole nitrogens is 1. The molecule has 3 heterocycles. The first-order valence-electron chi connectivity index (χ1n) is 12.9. The number of nitrogens with one attached hydrogen (secondary N) is 3. The summed E-state index contributed by atoms with van der Waals surface area (Å²) in [6.45, 7) is 4.29. The zero-order chi connectivity index (χ0) is 27.6. The van der Waals surface area contributed by atoms with Crippen LogP contribution in [0.25, 0.3) is 10.9 Å². The maximum atomic E-state index is 14.0. The van der Waals surface area contributed by atoms with Crippen molar-refractivity contribution in [2.75, 3.05) is 17.2 Å². The fourth-order valence-corrected chi connectivity index (χ4v) is 6.01. The van der Waals surface area contributed by atoms with Crippen molar-refractivity contribution in [2.24, 2.45) is 0 Å². The first-order valence-corrected chi connectivity index (χ1v) is 14.3. The third-order valence-corrected chi connectivity index (χ3v) is 8.00. The summed E-state index contributed by atoms with van der Waals surface area (Å²) in [6.07, 6.45) is 1.94. The quantitative estimate of drug-likeness (QED) is 0.173. The van der Waals surface area contributed by atoms with Crippen molar-refractivity contribution in [3.63, 3.8) is 0 Å². The van der Waals surface area contributed by atoms with Gasteiger partial charge in [-0.2, -0.15) is 4.98 Å². The minimum absolute atomic E-state index is 0.251. The van der Waals surface area contributed by atoms with Gasteiger partial charge in [-0.25, -0.2) is 4.68 Å². The molecular weight excluding hydrogens is 544 g/mol. The van der Waals surface area contributed by atoms with Crippen LogP contribution in [0, 0.1) is 0 Å². The molecule has 3 aromatic carbocycles. The lowest BCUT2D eigenvalue weighted by Gasteiger charge is -2.28. The summed E-state index contributed by atoms with van der Waals surface area (Å²) >= 11 is 7.87. The summed E-state index contributed by atoms with van der Waals surface area (Å²) in [5.74, 6) is 1.55. The first kappa shape index (κ1) is 26.0. The number of carbonyl (C=O) groups is 1. The highest BCUT2D eigenvalue weighted by atomic mass is 35.5. The number of para-hydroxylation sites is 3. The zero-order valence-corrected chi connectivity index (χ0v) is 23.5. The molecule has 1 atom stereocenters. The van der Waals surface area contributed by atoms with E-state index in [1.54, 1.807) is 4.68 Å². The number of amides is 1. The van der Waals surface area contributed by atoms with Crippen molar-refractivity contribution >= 4 is 51.8 Å². The van der Waals surface area contributed by atoms with Gasteiger partial charge in [-0.15, -0.1) is 5.10 Å². The van der Waals surface area contributed by atoms with Gasteiger partial charge in [0, 0.05) is 39.1 Å². The van der Waals surface area contributed by atoms with Gasteiger partial charge < -0.3 is 20.4 Å². The maximum Gasteiger partial charge on any atom is 0.255 e. The number of halogens is 1. The first-order chi connectivity index (χ1) is 19.5.